The van der Waals surface area contributed by atoms with Crippen molar-refractivity contribution in [3.05, 3.63) is 36.0 Å². The predicted molar refractivity (Wildman–Crippen MR) is 110 cm³/mol. The van der Waals surface area contributed by atoms with Gasteiger partial charge in [-0.1, -0.05) is 0 Å². The van der Waals surface area contributed by atoms with E-state index in [9.17, 15) is 5.11 Å². The van der Waals surface area contributed by atoms with Gasteiger partial charge in [-0.15, -0.1) is 0 Å². The highest BCUT2D eigenvalue weighted by Crippen LogP contribution is 2.26. The zero-order chi connectivity index (χ0) is 18.8. The molecule has 0 bridgehead atoms. The molecular weight excluding hydrogens is 340 g/mol. The summed E-state index contributed by atoms with van der Waals surface area (Å²) in [5.74, 6) is 1.39. The van der Waals surface area contributed by atoms with Gasteiger partial charge in [-0.05, 0) is 56.5 Å². The van der Waals surface area contributed by atoms with Crippen molar-refractivity contribution in [1.29, 1.82) is 0 Å². The van der Waals surface area contributed by atoms with E-state index in [1.807, 2.05) is 25.3 Å². The first-order valence-corrected chi connectivity index (χ1v) is 9.53. The molecule has 0 atom stereocenters. The molecule has 7 heteroatoms. The van der Waals surface area contributed by atoms with Crippen LogP contribution in [0.3, 0.4) is 0 Å². The first-order valence-electron chi connectivity index (χ1n) is 9.53. The van der Waals surface area contributed by atoms with E-state index in [0.29, 0.717) is 5.95 Å². The molecule has 7 nitrogen and oxygen atoms in total. The molecule has 0 aliphatic carbocycles. The molecular formula is C20H26N6O. The Balaban J connectivity index is 1.54. The van der Waals surface area contributed by atoms with Crippen LogP contribution in [0.5, 0.6) is 0 Å². The third-order valence-corrected chi connectivity index (χ3v) is 5.01. The molecule has 1 aliphatic rings. The molecule has 27 heavy (non-hydrogen) atoms. The van der Waals surface area contributed by atoms with E-state index in [4.69, 9.17) is 0 Å². The van der Waals surface area contributed by atoms with Crippen LogP contribution >= 0.6 is 0 Å². The molecule has 2 aromatic heterocycles. The van der Waals surface area contributed by atoms with E-state index < -0.39 is 0 Å². The normalized spacial score (nSPS) is 15.3. The number of benzene rings is 1. The SMILES string of the molecule is CCNc1nc(Nc2ccc(N3CCC(O)CC3)cc2)nc2c(C)c[nH]c12. The lowest BCUT2D eigenvalue weighted by molar-refractivity contribution is 0.145. The second-order valence-corrected chi connectivity index (χ2v) is 7.01. The van der Waals surface area contributed by atoms with Crippen LogP contribution in [-0.2, 0) is 0 Å². The van der Waals surface area contributed by atoms with Gasteiger partial charge in [0.25, 0.3) is 0 Å². The van der Waals surface area contributed by atoms with Gasteiger partial charge in [-0.3, -0.25) is 0 Å². The van der Waals surface area contributed by atoms with Crippen LogP contribution in [0.4, 0.5) is 23.1 Å². The number of aliphatic hydroxyl groups excluding tert-OH is 1. The lowest BCUT2D eigenvalue weighted by atomic mass is 10.1. The molecule has 0 spiro atoms. The highest BCUT2D eigenvalue weighted by molar-refractivity contribution is 5.89. The number of rotatable bonds is 5. The van der Waals surface area contributed by atoms with E-state index in [1.165, 1.54) is 5.69 Å². The molecule has 0 amide bonds. The molecule has 1 aliphatic heterocycles. The Hall–Kier alpha value is -2.80. The van der Waals surface area contributed by atoms with Gasteiger partial charge in [-0.25, -0.2) is 4.98 Å². The number of fused-ring (bicyclic) bond motifs is 1. The Morgan fingerprint density at radius 3 is 2.63 bits per heavy atom. The van der Waals surface area contributed by atoms with Crippen LogP contribution in [0, 0.1) is 6.92 Å². The minimum Gasteiger partial charge on any atom is -0.393 e. The van der Waals surface area contributed by atoms with Crippen LogP contribution in [0.25, 0.3) is 11.0 Å². The number of aliphatic hydroxyl groups is 1. The highest BCUT2D eigenvalue weighted by Gasteiger charge is 2.17. The van der Waals surface area contributed by atoms with Gasteiger partial charge >= 0.3 is 0 Å². The van der Waals surface area contributed by atoms with Gasteiger partial charge in [-0.2, -0.15) is 4.98 Å². The summed E-state index contributed by atoms with van der Waals surface area (Å²) >= 11 is 0. The van der Waals surface area contributed by atoms with Crippen molar-refractivity contribution in [3.63, 3.8) is 0 Å². The average molecular weight is 366 g/mol. The summed E-state index contributed by atoms with van der Waals surface area (Å²) in [4.78, 5) is 14.8. The average Bonchev–Trinajstić information content (AvgIpc) is 3.05. The maximum Gasteiger partial charge on any atom is 0.229 e. The van der Waals surface area contributed by atoms with Crippen LogP contribution in [0.15, 0.2) is 30.5 Å². The van der Waals surface area contributed by atoms with Crippen molar-refractivity contribution >= 4 is 34.2 Å². The molecule has 3 aromatic rings. The fraction of sp³-hybridized carbons (Fsp3) is 0.400. The lowest BCUT2D eigenvalue weighted by Crippen LogP contribution is -2.35. The molecule has 0 saturated carbocycles. The zero-order valence-electron chi connectivity index (χ0n) is 15.8. The summed E-state index contributed by atoms with van der Waals surface area (Å²) in [5.41, 5.74) is 5.08. The molecule has 0 radical (unpaired) electrons. The van der Waals surface area contributed by atoms with Crippen LogP contribution in [0.2, 0.25) is 0 Å². The number of nitrogens with one attached hydrogen (secondary N) is 3. The molecule has 1 saturated heterocycles. The monoisotopic (exact) mass is 366 g/mol. The first kappa shape index (κ1) is 17.6. The van der Waals surface area contributed by atoms with Crippen molar-refractivity contribution < 1.29 is 5.11 Å². The molecule has 1 fully saturated rings. The zero-order valence-corrected chi connectivity index (χ0v) is 15.8. The third kappa shape index (κ3) is 3.68. The molecule has 1 aromatic carbocycles. The smallest absolute Gasteiger partial charge is 0.229 e. The van der Waals surface area contributed by atoms with Gasteiger partial charge in [0.05, 0.1) is 11.6 Å². The minimum absolute atomic E-state index is 0.155. The topological polar surface area (TPSA) is 89.1 Å². The number of aromatic nitrogens is 3. The number of aromatic amines is 1. The quantitative estimate of drug-likeness (QED) is 0.553. The first-order chi connectivity index (χ1) is 13.1. The maximum absolute atomic E-state index is 9.66. The van der Waals surface area contributed by atoms with Gasteiger partial charge in [0.1, 0.15) is 5.52 Å². The number of hydrogen-bond acceptors (Lipinski definition) is 6. The number of nitrogens with zero attached hydrogens (tertiary/aromatic N) is 3. The largest absolute Gasteiger partial charge is 0.393 e. The van der Waals surface area contributed by atoms with Crippen molar-refractivity contribution in [2.24, 2.45) is 0 Å². The van der Waals surface area contributed by atoms with Gasteiger partial charge in [0.15, 0.2) is 5.82 Å². The number of anilines is 4. The Morgan fingerprint density at radius 1 is 1.19 bits per heavy atom. The van der Waals surface area contributed by atoms with Crippen LogP contribution in [0.1, 0.15) is 25.3 Å². The summed E-state index contributed by atoms with van der Waals surface area (Å²) in [5, 5.41) is 16.3. The predicted octanol–water partition coefficient (Wildman–Crippen LogP) is 3.40. The molecule has 0 unspecified atom stereocenters. The maximum atomic E-state index is 9.66. The van der Waals surface area contributed by atoms with E-state index in [-0.39, 0.29) is 6.10 Å². The molecule has 3 heterocycles. The molecule has 4 rings (SSSR count). The van der Waals surface area contributed by atoms with Crippen molar-refractivity contribution in [2.75, 3.05) is 35.2 Å². The fourth-order valence-corrected chi connectivity index (χ4v) is 3.49. The highest BCUT2D eigenvalue weighted by atomic mass is 16.3. The van der Waals surface area contributed by atoms with Gasteiger partial charge in [0, 0.05) is 37.2 Å². The summed E-state index contributed by atoms with van der Waals surface area (Å²) < 4.78 is 0. The van der Waals surface area contributed by atoms with Crippen LogP contribution in [-0.4, -0.2) is 45.8 Å². The van der Waals surface area contributed by atoms with Crippen molar-refractivity contribution in [2.45, 2.75) is 32.8 Å². The second-order valence-electron chi connectivity index (χ2n) is 7.01. The third-order valence-electron chi connectivity index (χ3n) is 5.01. The molecule has 142 valence electrons. The summed E-state index contributed by atoms with van der Waals surface area (Å²) in [7, 11) is 0. The Kier molecular flexibility index (Phi) is 4.85. The second kappa shape index (κ2) is 7.44. The van der Waals surface area contributed by atoms with E-state index in [0.717, 1.165) is 60.6 Å². The van der Waals surface area contributed by atoms with E-state index in [1.54, 1.807) is 0 Å². The number of H-pyrrole nitrogens is 1. The molecule has 4 N–H and O–H groups in total. The summed E-state index contributed by atoms with van der Waals surface area (Å²) in [6.45, 7) is 6.67. The fourth-order valence-electron chi connectivity index (χ4n) is 3.49. The number of piperidine rings is 1. The van der Waals surface area contributed by atoms with E-state index in [2.05, 4.69) is 49.5 Å². The van der Waals surface area contributed by atoms with E-state index >= 15 is 0 Å². The minimum atomic E-state index is -0.155. The lowest BCUT2D eigenvalue weighted by Gasteiger charge is -2.31. The van der Waals surface area contributed by atoms with Crippen LogP contribution < -0.4 is 15.5 Å². The Labute approximate surface area is 158 Å². The summed E-state index contributed by atoms with van der Waals surface area (Å²) in [6.07, 6.45) is 3.46. The Bertz CT molecular complexity index is 912. The number of hydrogen-bond donors (Lipinski definition) is 4. The van der Waals surface area contributed by atoms with Gasteiger partial charge in [0.2, 0.25) is 5.95 Å². The standard InChI is InChI=1S/C20H26N6O/c1-3-21-19-18-17(13(2)12-22-18)24-20(25-19)23-14-4-6-15(7-5-14)26-10-8-16(27)9-11-26/h4-7,12,16,22,27H,3,8-11H2,1-2H3,(H2,21,23,24,25). The summed E-state index contributed by atoms with van der Waals surface area (Å²) in [6, 6.07) is 8.30. The van der Waals surface area contributed by atoms with Crippen molar-refractivity contribution in [1.82, 2.24) is 15.0 Å². The van der Waals surface area contributed by atoms with Crippen molar-refractivity contribution in [3.8, 4) is 0 Å². The number of aryl methyl sites for hydroxylation is 1. The Morgan fingerprint density at radius 2 is 1.93 bits per heavy atom. The van der Waals surface area contributed by atoms with Gasteiger partial charge < -0.3 is 25.6 Å².